The van der Waals surface area contributed by atoms with Crippen molar-refractivity contribution in [2.75, 3.05) is 0 Å². The lowest BCUT2D eigenvalue weighted by Gasteiger charge is -2.02. The summed E-state index contributed by atoms with van der Waals surface area (Å²) in [4.78, 5) is 4.30. The molecule has 0 saturated heterocycles. The first-order valence-electron chi connectivity index (χ1n) is 4.84. The first-order chi connectivity index (χ1) is 6.72. The zero-order chi connectivity index (χ0) is 10.1. The largest absolute Gasteiger partial charge is 0.315 e. The van der Waals surface area contributed by atoms with Crippen LogP contribution in [0.2, 0.25) is 5.28 Å². The fourth-order valence-corrected chi connectivity index (χ4v) is 1.91. The summed E-state index contributed by atoms with van der Waals surface area (Å²) in [6.45, 7) is 5.15. The van der Waals surface area contributed by atoms with Crippen molar-refractivity contribution < 1.29 is 0 Å². The van der Waals surface area contributed by atoms with E-state index >= 15 is 0 Å². The van der Waals surface area contributed by atoms with Crippen molar-refractivity contribution in [1.29, 1.82) is 0 Å². The fraction of sp³-hybridized carbons (Fsp3) is 0.364. The number of nitrogens with zero attached hydrogens (tertiary/aromatic N) is 2. The number of rotatable bonds is 2. The molecule has 2 aromatic rings. The fourth-order valence-electron chi connectivity index (χ4n) is 1.64. The second-order valence-electron chi connectivity index (χ2n) is 3.52. The lowest BCUT2D eigenvalue weighted by molar-refractivity contribution is 0.698. The molecule has 0 fully saturated rings. The standard InChI is InChI=1S/C11H13ClN2/c1-3-6-14-10-7-8(2)4-5-9(10)13-11(14)12/h4-5,7H,3,6H2,1-2H3. The summed E-state index contributed by atoms with van der Waals surface area (Å²) in [7, 11) is 0. The predicted octanol–water partition coefficient (Wildman–Crippen LogP) is 3.41. The molecule has 0 aliphatic rings. The number of halogens is 1. The third kappa shape index (κ3) is 1.50. The highest BCUT2D eigenvalue weighted by atomic mass is 35.5. The molecule has 1 heterocycles. The van der Waals surface area contributed by atoms with Gasteiger partial charge in [0.2, 0.25) is 5.28 Å². The van der Waals surface area contributed by atoms with Gasteiger partial charge in [-0.05, 0) is 42.6 Å². The first kappa shape index (κ1) is 9.53. The minimum absolute atomic E-state index is 0.590. The highest BCUT2D eigenvalue weighted by Crippen LogP contribution is 2.21. The zero-order valence-electron chi connectivity index (χ0n) is 8.42. The Bertz CT molecular complexity index is 460. The molecule has 1 aromatic heterocycles. The van der Waals surface area contributed by atoms with E-state index in [-0.39, 0.29) is 0 Å². The molecule has 0 amide bonds. The van der Waals surface area contributed by atoms with Crippen LogP contribution in [0.1, 0.15) is 18.9 Å². The predicted molar refractivity (Wildman–Crippen MR) is 59.8 cm³/mol. The molecule has 0 spiro atoms. The Morgan fingerprint density at radius 3 is 2.93 bits per heavy atom. The molecule has 0 bridgehead atoms. The Balaban J connectivity index is 2.66. The molecular formula is C11H13ClN2. The SMILES string of the molecule is CCCn1c(Cl)nc2ccc(C)cc21. The summed E-state index contributed by atoms with van der Waals surface area (Å²) in [6.07, 6.45) is 1.07. The number of benzene rings is 1. The third-order valence-electron chi connectivity index (χ3n) is 2.30. The van der Waals surface area contributed by atoms with Gasteiger partial charge in [-0.3, -0.25) is 0 Å². The molecule has 0 N–H and O–H groups in total. The Morgan fingerprint density at radius 1 is 1.43 bits per heavy atom. The van der Waals surface area contributed by atoms with Crippen molar-refractivity contribution in [3.05, 3.63) is 29.0 Å². The summed E-state index contributed by atoms with van der Waals surface area (Å²) in [5.41, 5.74) is 3.36. The van der Waals surface area contributed by atoms with Crippen molar-refractivity contribution in [2.45, 2.75) is 26.8 Å². The van der Waals surface area contributed by atoms with Crippen LogP contribution in [-0.4, -0.2) is 9.55 Å². The number of imidazole rings is 1. The minimum Gasteiger partial charge on any atom is -0.315 e. The molecular weight excluding hydrogens is 196 g/mol. The Hall–Kier alpha value is -1.02. The van der Waals surface area contributed by atoms with Gasteiger partial charge >= 0.3 is 0 Å². The van der Waals surface area contributed by atoms with Crippen LogP contribution in [0.4, 0.5) is 0 Å². The average molecular weight is 209 g/mol. The molecule has 0 aliphatic heterocycles. The quantitative estimate of drug-likeness (QED) is 0.740. The van der Waals surface area contributed by atoms with Crippen molar-refractivity contribution >= 4 is 22.6 Å². The minimum atomic E-state index is 0.590. The van der Waals surface area contributed by atoms with Gasteiger partial charge < -0.3 is 4.57 Å². The van der Waals surface area contributed by atoms with Gasteiger partial charge in [-0.25, -0.2) is 4.98 Å². The molecule has 0 atom stereocenters. The maximum atomic E-state index is 6.05. The second kappa shape index (κ2) is 3.62. The number of aromatic nitrogens is 2. The van der Waals surface area contributed by atoms with Crippen LogP contribution in [0.15, 0.2) is 18.2 Å². The maximum absolute atomic E-state index is 6.05. The lowest BCUT2D eigenvalue weighted by Crippen LogP contribution is -1.96. The van der Waals surface area contributed by atoms with Gasteiger partial charge in [-0.1, -0.05) is 13.0 Å². The van der Waals surface area contributed by atoms with E-state index in [1.807, 2.05) is 6.07 Å². The highest BCUT2D eigenvalue weighted by Gasteiger charge is 2.07. The molecule has 2 rings (SSSR count). The number of hydrogen-bond acceptors (Lipinski definition) is 1. The number of fused-ring (bicyclic) bond motifs is 1. The molecule has 1 aromatic carbocycles. The van der Waals surface area contributed by atoms with E-state index in [4.69, 9.17) is 11.6 Å². The van der Waals surface area contributed by atoms with E-state index in [1.54, 1.807) is 0 Å². The summed E-state index contributed by atoms with van der Waals surface area (Å²) in [6, 6.07) is 6.20. The maximum Gasteiger partial charge on any atom is 0.203 e. The Kier molecular flexibility index (Phi) is 2.46. The number of aryl methyl sites for hydroxylation is 2. The number of hydrogen-bond donors (Lipinski definition) is 0. The molecule has 0 aliphatic carbocycles. The van der Waals surface area contributed by atoms with E-state index in [1.165, 1.54) is 5.56 Å². The van der Waals surface area contributed by atoms with Gasteiger partial charge in [-0.2, -0.15) is 0 Å². The van der Waals surface area contributed by atoms with Gasteiger partial charge in [0, 0.05) is 6.54 Å². The van der Waals surface area contributed by atoms with Gasteiger partial charge in [0.05, 0.1) is 11.0 Å². The van der Waals surface area contributed by atoms with Crippen LogP contribution >= 0.6 is 11.6 Å². The summed E-state index contributed by atoms with van der Waals surface area (Å²) in [5.74, 6) is 0. The molecule has 3 heteroatoms. The van der Waals surface area contributed by atoms with Gasteiger partial charge in [-0.15, -0.1) is 0 Å². The molecule has 0 unspecified atom stereocenters. The van der Waals surface area contributed by atoms with Gasteiger partial charge in [0.25, 0.3) is 0 Å². The second-order valence-corrected chi connectivity index (χ2v) is 3.86. The van der Waals surface area contributed by atoms with E-state index in [0.717, 1.165) is 24.0 Å². The van der Waals surface area contributed by atoms with Crippen molar-refractivity contribution in [2.24, 2.45) is 0 Å². The normalized spacial score (nSPS) is 11.1. The van der Waals surface area contributed by atoms with Crippen molar-refractivity contribution in [3.63, 3.8) is 0 Å². The average Bonchev–Trinajstić information content (AvgIpc) is 2.45. The zero-order valence-corrected chi connectivity index (χ0v) is 9.17. The van der Waals surface area contributed by atoms with E-state index in [2.05, 4.69) is 35.5 Å². The van der Waals surface area contributed by atoms with Crippen LogP contribution in [0, 0.1) is 6.92 Å². The smallest absolute Gasteiger partial charge is 0.203 e. The third-order valence-corrected chi connectivity index (χ3v) is 2.59. The topological polar surface area (TPSA) is 17.8 Å². The van der Waals surface area contributed by atoms with E-state index in [0.29, 0.717) is 5.28 Å². The van der Waals surface area contributed by atoms with Crippen LogP contribution in [0.25, 0.3) is 11.0 Å². The van der Waals surface area contributed by atoms with Crippen LogP contribution in [0.3, 0.4) is 0 Å². The summed E-state index contributed by atoms with van der Waals surface area (Å²) in [5, 5.41) is 0.590. The van der Waals surface area contributed by atoms with Crippen LogP contribution in [0.5, 0.6) is 0 Å². The van der Waals surface area contributed by atoms with Gasteiger partial charge in [0.15, 0.2) is 0 Å². The van der Waals surface area contributed by atoms with Gasteiger partial charge in [0.1, 0.15) is 0 Å². The Labute approximate surface area is 88.5 Å². The molecule has 2 nitrogen and oxygen atoms in total. The van der Waals surface area contributed by atoms with Crippen LogP contribution < -0.4 is 0 Å². The van der Waals surface area contributed by atoms with Crippen molar-refractivity contribution in [3.8, 4) is 0 Å². The molecule has 0 saturated carbocycles. The first-order valence-corrected chi connectivity index (χ1v) is 5.22. The summed E-state index contributed by atoms with van der Waals surface area (Å²) >= 11 is 6.05. The molecule has 74 valence electrons. The molecule has 14 heavy (non-hydrogen) atoms. The van der Waals surface area contributed by atoms with Crippen molar-refractivity contribution in [1.82, 2.24) is 9.55 Å². The lowest BCUT2D eigenvalue weighted by atomic mass is 10.2. The molecule has 0 radical (unpaired) electrons. The highest BCUT2D eigenvalue weighted by molar-refractivity contribution is 6.29. The van der Waals surface area contributed by atoms with E-state index in [9.17, 15) is 0 Å². The Morgan fingerprint density at radius 2 is 2.21 bits per heavy atom. The van der Waals surface area contributed by atoms with Crippen LogP contribution in [-0.2, 0) is 6.54 Å². The summed E-state index contributed by atoms with van der Waals surface area (Å²) < 4.78 is 2.06. The monoisotopic (exact) mass is 208 g/mol. The van der Waals surface area contributed by atoms with E-state index < -0.39 is 0 Å².